The molecular weight excluding hydrogens is 190 g/mol. The molecule has 0 spiro atoms. The Morgan fingerprint density at radius 2 is 1.93 bits per heavy atom. The molecule has 2 saturated carbocycles. The first-order valence-corrected chi connectivity index (χ1v) is 5.95. The number of rotatable bonds is 3. The van der Waals surface area contributed by atoms with E-state index in [1.165, 1.54) is 44.2 Å². The van der Waals surface area contributed by atoms with Gasteiger partial charge in [0.05, 0.1) is 18.3 Å². The van der Waals surface area contributed by atoms with Crippen LogP contribution in [0.5, 0.6) is 0 Å². The van der Waals surface area contributed by atoms with Crippen LogP contribution < -0.4 is 0 Å². The molecular formula is C11H17N3O. The Kier molecular flexibility index (Phi) is 2.24. The van der Waals surface area contributed by atoms with E-state index in [-0.39, 0.29) is 6.61 Å². The van der Waals surface area contributed by atoms with E-state index >= 15 is 0 Å². The van der Waals surface area contributed by atoms with Gasteiger partial charge in [-0.2, -0.15) is 0 Å². The molecule has 2 aliphatic carbocycles. The van der Waals surface area contributed by atoms with Crippen LogP contribution in [-0.4, -0.2) is 20.1 Å². The SMILES string of the molecule is OCc1nnn(C2CC2)c1C1CCCC1. The fourth-order valence-corrected chi connectivity index (χ4v) is 2.66. The molecule has 4 heteroatoms. The third-order valence-electron chi connectivity index (χ3n) is 3.59. The molecule has 1 heterocycles. The predicted molar refractivity (Wildman–Crippen MR) is 55.4 cm³/mol. The monoisotopic (exact) mass is 207 g/mol. The summed E-state index contributed by atoms with van der Waals surface area (Å²) in [5.41, 5.74) is 2.05. The van der Waals surface area contributed by atoms with Crippen molar-refractivity contribution in [2.75, 3.05) is 0 Å². The van der Waals surface area contributed by atoms with E-state index in [9.17, 15) is 5.11 Å². The number of hydrogen-bond donors (Lipinski definition) is 1. The summed E-state index contributed by atoms with van der Waals surface area (Å²) < 4.78 is 2.08. The van der Waals surface area contributed by atoms with Crippen molar-refractivity contribution in [2.45, 2.75) is 57.1 Å². The number of aromatic nitrogens is 3. The fourth-order valence-electron chi connectivity index (χ4n) is 2.66. The lowest BCUT2D eigenvalue weighted by atomic mass is 10.0. The second-order valence-corrected chi connectivity index (χ2v) is 4.74. The van der Waals surface area contributed by atoms with E-state index in [2.05, 4.69) is 15.0 Å². The minimum atomic E-state index is 0.0402. The quantitative estimate of drug-likeness (QED) is 0.821. The summed E-state index contributed by atoms with van der Waals surface area (Å²) in [6.07, 6.45) is 7.57. The minimum Gasteiger partial charge on any atom is -0.390 e. The Morgan fingerprint density at radius 1 is 1.20 bits per heavy atom. The normalized spacial score (nSPS) is 22.5. The third kappa shape index (κ3) is 1.57. The van der Waals surface area contributed by atoms with Crippen LogP contribution in [0.15, 0.2) is 0 Å². The van der Waals surface area contributed by atoms with Gasteiger partial charge in [0.15, 0.2) is 0 Å². The smallest absolute Gasteiger partial charge is 0.112 e. The van der Waals surface area contributed by atoms with Crippen LogP contribution in [0.25, 0.3) is 0 Å². The highest BCUT2D eigenvalue weighted by molar-refractivity contribution is 5.18. The second-order valence-electron chi connectivity index (χ2n) is 4.74. The molecule has 0 unspecified atom stereocenters. The maximum atomic E-state index is 9.28. The molecule has 2 fully saturated rings. The van der Waals surface area contributed by atoms with Crippen molar-refractivity contribution in [1.29, 1.82) is 0 Å². The van der Waals surface area contributed by atoms with E-state index in [4.69, 9.17) is 0 Å². The van der Waals surface area contributed by atoms with Crippen LogP contribution in [0.2, 0.25) is 0 Å². The van der Waals surface area contributed by atoms with Crippen LogP contribution >= 0.6 is 0 Å². The Balaban J connectivity index is 1.96. The molecule has 0 aliphatic heterocycles. The first-order chi connectivity index (χ1) is 7.40. The second kappa shape index (κ2) is 3.59. The molecule has 15 heavy (non-hydrogen) atoms. The highest BCUT2D eigenvalue weighted by Crippen LogP contribution is 2.41. The van der Waals surface area contributed by atoms with E-state index in [1.54, 1.807) is 0 Å². The highest BCUT2D eigenvalue weighted by Gasteiger charge is 2.32. The maximum absolute atomic E-state index is 9.28. The number of aliphatic hydroxyl groups excluding tert-OH is 1. The van der Waals surface area contributed by atoms with Crippen LogP contribution in [0.1, 0.15) is 61.9 Å². The van der Waals surface area contributed by atoms with Gasteiger partial charge in [-0.05, 0) is 25.7 Å². The van der Waals surface area contributed by atoms with Gasteiger partial charge in [0.2, 0.25) is 0 Å². The van der Waals surface area contributed by atoms with Crippen molar-refractivity contribution in [1.82, 2.24) is 15.0 Å². The van der Waals surface area contributed by atoms with Crippen molar-refractivity contribution in [3.05, 3.63) is 11.4 Å². The first kappa shape index (κ1) is 9.33. The number of aliphatic hydroxyl groups is 1. The van der Waals surface area contributed by atoms with Gasteiger partial charge in [-0.1, -0.05) is 18.1 Å². The summed E-state index contributed by atoms with van der Waals surface area (Å²) in [4.78, 5) is 0. The van der Waals surface area contributed by atoms with Gasteiger partial charge in [0.1, 0.15) is 5.69 Å². The molecule has 1 N–H and O–H groups in total. The molecule has 0 bridgehead atoms. The molecule has 1 aromatic heterocycles. The zero-order valence-electron chi connectivity index (χ0n) is 8.89. The molecule has 2 aliphatic rings. The third-order valence-corrected chi connectivity index (χ3v) is 3.59. The summed E-state index contributed by atoms with van der Waals surface area (Å²) in [5, 5.41) is 17.6. The Labute approximate surface area is 89.3 Å². The molecule has 82 valence electrons. The topological polar surface area (TPSA) is 50.9 Å². The molecule has 0 saturated heterocycles. The molecule has 0 radical (unpaired) electrons. The number of nitrogens with zero attached hydrogens (tertiary/aromatic N) is 3. The van der Waals surface area contributed by atoms with Gasteiger partial charge in [-0.15, -0.1) is 5.10 Å². The summed E-state index contributed by atoms with van der Waals surface area (Å²) in [5.74, 6) is 0.600. The fraction of sp³-hybridized carbons (Fsp3) is 0.818. The lowest BCUT2D eigenvalue weighted by Gasteiger charge is -2.12. The minimum absolute atomic E-state index is 0.0402. The lowest BCUT2D eigenvalue weighted by molar-refractivity contribution is 0.274. The Morgan fingerprint density at radius 3 is 2.53 bits per heavy atom. The van der Waals surface area contributed by atoms with Gasteiger partial charge in [0, 0.05) is 5.92 Å². The van der Waals surface area contributed by atoms with Gasteiger partial charge in [-0.25, -0.2) is 4.68 Å². The van der Waals surface area contributed by atoms with E-state index in [1.807, 2.05) is 0 Å². The highest BCUT2D eigenvalue weighted by atomic mass is 16.3. The van der Waals surface area contributed by atoms with Crippen LogP contribution in [-0.2, 0) is 6.61 Å². The van der Waals surface area contributed by atoms with Crippen molar-refractivity contribution in [2.24, 2.45) is 0 Å². The molecule has 0 amide bonds. The van der Waals surface area contributed by atoms with Crippen LogP contribution in [0, 0.1) is 0 Å². The van der Waals surface area contributed by atoms with E-state index in [0.717, 1.165) is 5.69 Å². The molecule has 0 atom stereocenters. The summed E-state index contributed by atoms with van der Waals surface area (Å²) in [7, 11) is 0. The zero-order chi connectivity index (χ0) is 10.3. The van der Waals surface area contributed by atoms with Crippen LogP contribution in [0.4, 0.5) is 0 Å². The summed E-state index contributed by atoms with van der Waals surface area (Å²) >= 11 is 0. The number of hydrogen-bond acceptors (Lipinski definition) is 3. The van der Waals surface area contributed by atoms with Crippen molar-refractivity contribution in [3.8, 4) is 0 Å². The lowest BCUT2D eigenvalue weighted by Crippen LogP contribution is -2.07. The van der Waals surface area contributed by atoms with Gasteiger partial charge >= 0.3 is 0 Å². The molecule has 0 aromatic carbocycles. The van der Waals surface area contributed by atoms with Crippen molar-refractivity contribution >= 4 is 0 Å². The standard InChI is InChI=1S/C11H17N3O/c15-7-10-11(8-3-1-2-4-8)14(13-12-10)9-5-6-9/h8-9,15H,1-7H2. The average Bonchev–Trinajstić information content (AvgIpc) is 2.83. The largest absolute Gasteiger partial charge is 0.390 e. The van der Waals surface area contributed by atoms with Gasteiger partial charge < -0.3 is 5.11 Å². The molecule has 3 rings (SSSR count). The Bertz CT molecular complexity index is 351. The predicted octanol–water partition coefficient (Wildman–Crippen LogP) is 1.76. The van der Waals surface area contributed by atoms with E-state index in [0.29, 0.717) is 12.0 Å². The molecule has 1 aromatic rings. The Hall–Kier alpha value is -0.900. The molecule has 4 nitrogen and oxygen atoms in total. The average molecular weight is 207 g/mol. The van der Waals surface area contributed by atoms with Crippen molar-refractivity contribution < 1.29 is 5.11 Å². The van der Waals surface area contributed by atoms with Crippen LogP contribution in [0.3, 0.4) is 0 Å². The van der Waals surface area contributed by atoms with Gasteiger partial charge in [-0.3, -0.25) is 0 Å². The first-order valence-electron chi connectivity index (χ1n) is 5.95. The van der Waals surface area contributed by atoms with Gasteiger partial charge in [0.25, 0.3) is 0 Å². The summed E-state index contributed by atoms with van der Waals surface area (Å²) in [6, 6.07) is 0.577. The van der Waals surface area contributed by atoms with E-state index < -0.39 is 0 Å². The maximum Gasteiger partial charge on any atom is 0.112 e. The zero-order valence-corrected chi connectivity index (χ0v) is 8.89. The summed E-state index contributed by atoms with van der Waals surface area (Å²) in [6.45, 7) is 0.0402. The van der Waals surface area contributed by atoms with Crippen molar-refractivity contribution in [3.63, 3.8) is 0 Å².